The van der Waals surface area contributed by atoms with Crippen molar-refractivity contribution >= 4 is 17.3 Å². The molecule has 0 saturated heterocycles. The second-order valence-corrected chi connectivity index (χ2v) is 5.07. The summed E-state index contributed by atoms with van der Waals surface area (Å²) in [6.07, 6.45) is 0. The molecule has 0 saturated carbocycles. The molecule has 2 aromatic rings. The maximum atomic E-state index is 12.2. The highest BCUT2D eigenvalue weighted by atomic mass is 35.5. The highest BCUT2D eigenvalue weighted by Crippen LogP contribution is 2.24. The molecule has 0 spiro atoms. The zero-order valence-electron chi connectivity index (χ0n) is 11.6. The number of hydrogen-bond acceptors (Lipinski definition) is 4. The first-order valence-corrected chi connectivity index (χ1v) is 6.39. The molecule has 0 bridgehead atoms. The quantitative estimate of drug-likeness (QED) is 0.521. The number of rotatable bonds is 2. The third-order valence-electron chi connectivity index (χ3n) is 3.22. The molecule has 1 heterocycles. The monoisotopic (exact) mass is 309 g/mol. The molecule has 8 heteroatoms. The Morgan fingerprint density at radius 2 is 1.81 bits per heavy atom. The highest BCUT2D eigenvalue weighted by molar-refractivity contribution is 6.30. The number of aromatic amines is 1. The lowest BCUT2D eigenvalue weighted by Gasteiger charge is -2.11. The first-order valence-electron chi connectivity index (χ1n) is 6.01. The van der Waals surface area contributed by atoms with E-state index in [1.165, 1.54) is 19.1 Å². The van der Waals surface area contributed by atoms with Crippen LogP contribution in [0.4, 0.5) is 5.69 Å². The molecule has 0 atom stereocenters. The third kappa shape index (κ3) is 2.47. The lowest BCUT2D eigenvalue weighted by atomic mass is 10.1. The molecular weight excluding hydrogens is 298 g/mol. The minimum absolute atomic E-state index is 0.0162. The average molecular weight is 310 g/mol. The van der Waals surface area contributed by atoms with Crippen LogP contribution >= 0.6 is 11.6 Å². The maximum absolute atomic E-state index is 12.2. The van der Waals surface area contributed by atoms with Crippen molar-refractivity contribution in [1.82, 2.24) is 9.55 Å². The van der Waals surface area contributed by atoms with Gasteiger partial charge in [-0.25, -0.2) is 9.36 Å². The molecule has 110 valence electrons. The van der Waals surface area contributed by atoms with Crippen molar-refractivity contribution in [3.05, 3.63) is 64.9 Å². The van der Waals surface area contributed by atoms with Crippen LogP contribution in [-0.2, 0) is 0 Å². The molecule has 0 unspecified atom stereocenters. The predicted octanol–water partition coefficient (Wildman–Crippen LogP) is 2.01. The van der Waals surface area contributed by atoms with Crippen LogP contribution in [0, 0.1) is 30.9 Å². The van der Waals surface area contributed by atoms with E-state index in [-0.39, 0.29) is 16.4 Å². The number of nitrogens with zero attached hydrogens (tertiary/aromatic N) is 2. The van der Waals surface area contributed by atoms with Crippen LogP contribution in [0.1, 0.15) is 16.7 Å². The fraction of sp³-hybridized carbons (Fsp3) is 0.231. The molecule has 7 nitrogen and oxygen atoms in total. The Kier molecular flexibility index (Phi) is 3.69. The highest BCUT2D eigenvalue weighted by Gasteiger charge is 2.17. The molecule has 0 fully saturated rings. The van der Waals surface area contributed by atoms with Gasteiger partial charge in [-0.05, 0) is 32.4 Å². The number of hydrogen-bond donors (Lipinski definition) is 1. The van der Waals surface area contributed by atoms with E-state index in [9.17, 15) is 19.7 Å². The number of benzene rings is 1. The molecule has 2 rings (SSSR count). The average Bonchev–Trinajstić information content (AvgIpc) is 2.39. The second-order valence-electron chi connectivity index (χ2n) is 4.69. The van der Waals surface area contributed by atoms with Crippen molar-refractivity contribution in [3.63, 3.8) is 0 Å². The van der Waals surface area contributed by atoms with Crippen LogP contribution in [0.3, 0.4) is 0 Å². The summed E-state index contributed by atoms with van der Waals surface area (Å²) in [5, 5.41) is 10.9. The SMILES string of the molecule is Cc1cc([N+](=O)[O-])c(C)cc1-n1c(=O)[nH]c(Cl)c(C)c1=O. The summed E-state index contributed by atoms with van der Waals surface area (Å²) in [7, 11) is 0. The maximum Gasteiger partial charge on any atom is 0.334 e. The number of nitrogens with one attached hydrogen (secondary N) is 1. The Labute approximate surface area is 124 Å². The minimum Gasteiger partial charge on any atom is -0.297 e. The van der Waals surface area contributed by atoms with E-state index >= 15 is 0 Å². The molecule has 0 aliphatic rings. The fourth-order valence-corrected chi connectivity index (χ4v) is 2.20. The Hall–Kier alpha value is -2.41. The van der Waals surface area contributed by atoms with E-state index in [0.29, 0.717) is 16.8 Å². The number of aromatic nitrogens is 2. The zero-order valence-corrected chi connectivity index (χ0v) is 12.3. The summed E-state index contributed by atoms with van der Waals surface area (Å²) in [6.45, 7) is 4.63. The second kappa shape index (κ2) is 5.17. The van der Waals surface area contributed by atoms with Gasteiger partial charge in [0.25, 0.3) is 11.2 Å². The van der Waals surface area contributed by atoms with Crippen molar-refractivity contribution in [2.45, 2.75) is 20.8 Å². The largest absolute Gasteiger partial charge is 0.334 e. The molecule has 21 heavy (non-hydrogen) atoms. The van der Waals surface area contributed by atoms with Gasteiger partial charge in [0.15, 0.2) is 0 Å². The topological polar surface area (TPSA) is 98.0 Å². The van der Waals surface area contributed by atoms with Crippen LogP contribution in [0.2, 0.25) is 5.15 Å². The molecule has 1 aromatic heterocycles. The van der Waals surface area contributed by atoms with Crippen LogP contribution in [0.15, 0.2) is 21.7 Å². The molecule has 1 N–H and O–H groups in total. The van der Waals surface area contributed by atoms with E-state index in [4.69, 9.17) is 11.6 Å². The molecule has 1 aromatic carbocycles. The van der Waals surface area contributed by atoms with Gasteiger partial charge in [0.2, 0.25) is 0 Å². The van der Waals surface area contributed by atoms with Crippen molar-refractivity contribution in [2.24, 2.45) is 0 Å². The molecule has 0 aliphatic heterocycles. The van der Waals surface area contributed by atoms with Gasteiger partial charge in [-0.15, -0.1) is 0 Å². The molecular formula is C13H12ClN3O4. The number of aryl methyl sites for hydroxylation is 2. The zero-order chi connectivity index (χ0) is 15.9. The van der Waals surface area contributed by atoms with Gasteiger partial charge < -0.3 is 0 Å². The normalized spacial score (nSPS) is 10.7. The van der Waals surface area contributed by atoms with Gasteiger partial charge in [-0.1, -0.05) is 11.6 Å². The third-order valence-corrected chi connectivity index (χ3v) is 3.60. The number of H-pyrrole nitrogens is 1. The van der Waals surface area contributed by atoms with Crippen molar-refractivity contribution < 1.29 is 4.92 Å². The van der Waals surface area contributed by atoms with Crippen molar-refractivity contribution in [2.75, 3.05) is 0 Å². The van der Waals surface area contributed by atoms with Gasteiger partial charge >= 0.3 is 5.69 Å². The van der Waals surface area contributed by atoms with Gasteiger partial charge in [-0.2, -0.15) is 0 Å². The summed E-state index contributed by atoms with van der Waals surface area (Å²) >= 11 is 5.76. The van der Waals surface area contributed by atoms with Crippen LogP contribution in [-0.4, -0.2) is 14.5 Å². The number of halogens is 1. The van der Waals surface area contributed by atoms with E-state index < -0.39 is 16.2 Å². The van der Waals surface area contributed by atoms with Gasteiger partial charge in [0.05, 0.1) is 16.2 Å². The molecule has 0 radical (unpaired) electrons. The predicted molar refractivity (Wildman–Crippen MR) is 78.5 cm³/mol. The molecule has 0 aliphatic carbocycles. The lowest BCUT2D eigenvalue weighted by molar-refractivity contribution is -0.385. The Balaban J connectivity index is 2.84. The van der Waals surface area contributed by atoms with Crippen LogP contribution < -0.4 is 11.2 Å². The Morgan fingerprint density at radius 3 is 2.38 bits per heavy atom. The van der Waals surface area contributed by atoms with Crippen LogP contribution in [0.25, 0.3) is 5.69 Å². The lowest BCUT2D eigenvalue weighted by Crippen LogP contribution is -2.35. The summed E-state index contributed by atoms with van der Waals surface area (Å²) in [5.41, 5.74) is -0.00427. The van der Waals surface area contributed by atoms with Gasteiger partial charge in [-0.3, -0.25) is 19.9 Å². The van der Waals surface area contributed by atoms with Gasteiger partial charge in [0.1, 0.15) is 5.15 Å². The van der Waals surface area contributed by atoms with Crippen molar-refractivity contribution in [3.8, 4) is 5.69 Å². The summed E-state index contributed by atoms with van der Waals surface area (Å²) < 4.78 is 0.924. The molecule has 0 amide bonds. The van der Waals surface area contributed by atoms with Gasteiger partial charge in [0, 0.05) is 11.6 Å². The summed E-state index contributed by atoms with van der Waals surface area (Å²) in [6, 6.07) is 2.78. The van der Waals surface area contributed by atoms with E-state index in [1.54, 1.807) is 13.8 Å². The number of nitro groups is 1. The van der Waals surface area contributed by atoms with E-state index in [0.717, 1.165) is 4.57 Å². The summed E-state index contributed by atoms with van der Waals surface area (Å²) in [5.74, 6) is 0. The Morgan fingerprint density at radius 1 is 1.19 bits per heavy atom. The fourth-order valence-electron chi connectivity index (χ4n) is 2.04. The number of nitro benzene ring substituents is 1. The van der Waals surface area contributed by atoms with E-state index in [1.807, 2.05) is 0 Å². The summed E-state index contributed by atoms with van der Waals surface area (Å²) in [4.78, 5) is 37.0. The van der Waals surface area contributed by atoms with Crippen molar-refractivity contribution in [1.29, 1.82) is 0 Å². The minimum atomic E-state index is -0.688. The first-order chi connectivity index (χ1) is 9.73. The van der Waals surface area contributed by atoms with E-state index in [2.05, 4.69) is 4.98 Å². The Bertz CT molecular complexity index is 867. The standard InChI is InChI=1S/C13H12ClN3O4/c1-6-5-10(17(20)21)7(2)4-9(6)16-12(18)8(3)11(14)15-13(16)19/h4-5H,1-3H3,(H,15,19). The van der Waals surface area contributed by atoms with Crippen LogP contribution in [0.5, 0.6) is 0 Å². The first kappa shape index (κ1) is 15.0. The smallest absolute Gasteiger partial charge is 0.297 e.